The minimum Gasteiger partial charge on any atom is -0.310 e. The first kappa shape index (κ1) is 37.4. The summed E-state index contributed by atoms with van der Waals surface area (Å²) in [6.45, 7) is 4.44. The normalized spacial score (nSPS) is 12.9. The molecule has 2 nitrogen and oxygen atoms in total. The maximum atomic E-state index is 2.54. The zero-order valence-corrected chi connectivity index (χ0v) is 36.3. The molecule has 2 aliphatic carbocycles. The molecule has 2 heteroatoms. The second kappa shape index (κ2) is 14.4. The molecule has 11 aromatic carbocycles. The van der Waals surface area contributed by atoms with Crippen molar-refractivity contribution in [1.82, 2.24) is 0 Å². The molecule has 0 saturated carbocycles. The summed E-state index contributed by atoms with van der Waals surface area (Å²) in [5.41, 5.74) is 19.3. The van der Waals surface area contributed by atoms with Crippen LogP contribution in [0, 0.1) is 13.8 Å². The molecule has 0 fully saturated rings. The molecular formula is C63H44N2. The molecule has 0 heterocycles. The van der Waals surface area contributed by atoms with Gasteiger partial charge in [-0.05, 0) is 151 Å². The Morgan fingerprint density at radius 2 is 0.769 bits per heavy atom. The van der Waals surface area contributed by atoms with Crippen molar-refractivity contribution in [3.63, 3.8) is 0 Å². The van der Waals surface area contributed by atoms with E-state index in [1.165, 1.54) is 105 Å². The third kappa shape index (κ3) is 5.29. The van der Waals surface area contributed by atoms with Crippen molar-refractivity contribution in [2.75, 3.05) is 9.80 Å². The summed E-state index contributed by atoms with van der Waals surface area (Å²) in [4.78, 5) is 4.91. The molecule has 1 spiro atoms. The lowest BCUT2D eigenvalue weighted by atomic mass is 9.68. The highest BCUT2D eigenvalue weighted by atomic mass is 15.2. The fraction of sp³-hybridized carbons (Fsp3) is 0.0476. The van der Waals surface area contributed by atoms with Gasteiger partial charge < -0.3 is 9.80 Å². The van der Waals surface area contributed by atoms with Crippen LogP contribution in [0.4, 0.5) is 34.1 Å². The number of benzene rings is 11. The molecule has 0 N–H and O–H groups in total. The van der Waals surface area contributed by atoms with Crippen LogP contribution in [0.15, 0.2) is 231 Å². The fourth-order valence-corrected chi connectivity index (χ4v) is 11.6. The van der Waals surface area contributed by atoms with Crippen molar-refractivity contribution in [3.8, 4) is 22.3 Å². The molecule has 11 aromatic rings. The molecule has 65 heavy (non-hydrogen) atoms. The maximum absolute atomic E-state index is 2.54. The van der Waals surface area contributed by atoms with Crippen molar-refractivity contribution in [2.24, 2.45) is 0 Å². The Morgan fingerprint density at radius 1 is 0.292 bits per heavy atom. The van der Waals surface area contributed by atoms with E-state index in [4.69, 9.17) is 0 Å². The van der Waals surface area contributed by atoms with Gasteiger partial charge in [0.25, 0.3) is 0 Å². The smallest absolute Gasteiger partial charge is 0.0737 e. The molecule has 0 aromatic heterocycles. The van der Waals surface area contributed by atoms with Gasteiger partial charge in [-0.1, -0.05) is 176 Å². The minimum absolute atomic E-state index is 0.602. The average molecular weight is 829 g/mol. The lowest BCUT2D eigenvalue weighted by Crippen LogP contribution is -2.27. The Bertz CT molecular complexity index is 3650. The lowest BCUT2D eigenvalue weighted by Gasteiger charge is -2.34. The van der Waals surface area contributed by atoms with Gasteiger partial charge in [0.15, 0.2) is 0 Å². The third-order valence-electron chi connectivity index (χ3n) is 14.2. The number of fused-ring (bicyclic) bond motifs is 17. The largest absolute Gasteiger partial charge is 0.310 e. The van der Waals surface area contributed by atoms with Crippen molar-refractivity contribution in [2.45, 2.75) is 19.3 Å². The first-order chi connectivity index (χ1) is 32.1. The number of hydrogen-bond donors (Lipinski definition) is 0. The molecule has 0 radical (unpaired) electrons. The predicted octanol–water partition coefficient (Wildman–Crippen LogP) is 17.0. The summed E-state index contributed by atoms with van der Waals surface area (Å²) >= 11 is 0. The molecule has 0 amide bonds. The molecule has 306 valence electrons. The fourth-order valence-electron chi connectivity index (χ4n) is 11.6. The number of rotatable bonds is 6. The summed E-state index contributed by atoms with van der Waals surface area (Å²) in [5, 5.41) is 7.51. The summed E-state index contributed by atoms with van der Waals surface area (Å²) in [6, 6.07) is 85.8. The van der Waals surface area contributed by atoms with E-state index in [-0.39, 0.29) is 0 Å². The first-order valence-electron chi connectivity index (χ1n) is 22.7. The minimum atomic E-state index is -0.602. The van der Waals surface area contributed by atoms with Crippen LogP contribution in [-0.4, -0.2) is 0 Å². The van der Waals surface area contributed by atoms with Gasteiger partial charge in [0.05, 0.1) is 11.1 Å². The van der Waals surface area contributed by atoms with Gasteiger partial charge in [0.2, 0.25) is 0 Å². The van der Waals surface area contributed by atoms with Crippen LogP contribution in [0.3, 0.4) is 0 Å². The number of para-hydroxylation sites is 4. The lowest BCUT2D eigenvalue weighted by molar-refractivity contribution is 0.809. The van der Waals surface area contributed by atoms with Crippen LogP contribution < -0.4 is 9.80 Å². The molecule has 0 saturated heterocycles. The highest BCUT2D eigenvalue weighted by Gasteiger charge is 2.54. The standard InChI is InChI=1S/C63H44N2/c1-41-21-9-19-35-57(41)64(43-23-5-3-6-24-43)45-37-38-52-53(39-45)46-27-11-13-31-50(46)60-54-40-59(65(44-25-7-4-8-26-44)58-36-20-10-22-42(58)2)49-30-12-14-32-51(49)61(54)63(62(52)60)55-33-17-15-28-47(55)48-29-16-18-34-56(48)63/h3-40H,1-2H3. The SMILES string of the molecule is Cc1ccccc1N(c1ccccc1)c1ccc2c3c(c4ccccc4c2c1)-c1cc(N(c2ccccc2)c2ccccc2C)c2ccccc2c1C31c2ccccc2-c2ccccc21. The van der Waals surface area contributed by atoms with Gasteiger partial charge in [0.1, 0.15) is 0 Å². The van der Waals surface area contributed by atoms with Gasteiger partial charge in [-0.3, -0.25) is 0 Å². The Labute approximate surface area is 379 Å². The molecule has 2 aliphatic rings. The van der Waals surface area contributed by atoms with Crippen molar-refractivity contribution in [1.29, 1.82) is 0 Å². The van der Waals surface area contributed by atoms with E-state index in [1.54, 1.807) is 0 Å². The van der Waals surface area contributed by atoms with Gasteiger partial charge in [-0.2, -0.15) is 0 Å². The number of hydrogen-bond acceptors (Lipinski definition) is 2. The monoisotopic (exact) mass is 828 g/mol. The Hall–Kier alpha value is -8.20. The van der Waals surface area contributed by atoms with Gasteiger partial charge in [-0.15, -0.1) is 0 Å². The second-order valence-electron chi connectivity index (χ2n) is 17.6. The molecule has 0 bridgehead atoms. The van der Waals surface area contributed by atoms with E-state index in [2.05, 4.69) is 254 Å². The van der Waals surface area contributed by atoms with Crippen molar-refractivity contribution in [3.05, 3.63) is 264 Å². The predicted molar refractivity (Wildman–Crippen MR) is 274 cm³/mol. The number of anilines is 6. The van der Waals surface area contributed by atoms with Crippen molar-refractivity contribution < 1.29 is 0 Å². The molecule has 0 aliphatic heterocycles. The molecular weight excluding hydrogens is 785 g/mol. The second-order valence-corrected chi connectivity index (χ2v) is 17.6. The molecule has 13 rings (SSSR count). The van der Waals surface area contributed by atoms with E-state index in [0.717, 1.165) is 17.1 Å². The van der Waals surface area contributed by atoms with Gasteiger partial charge >= 0.3 is 0 Å². The Balaban J connectivity index is 1.21. The van der Waals surface area contributed by atoms with Crippen LogP contribution >= 0.6 is 0 Å². The van der Waals surface area contributed by atoms with Crippen LogP contribution in [0.5, 0.6) is 0 Å². The van der Waals surface area contributed by atoms with E-state index in [9.17, 15) is 0 Å². The van der Waals surface area contributed by atoms with E-state index >= 15 is 0 Å². The molecule has 0 unspecified atom stereocenters. The van der Waals surface area contributed by atoms with E-state index in [0.29, 0.717) is 0 Å². The zero-order chi connectivity index (χ0) is 43.2. The first-order valence-corrected chi connectivity index (χ1v) is 22.7. The van der Waals surface area contributed by atoms with E-state index < -0.39 is 5.41 Å². The summed E-state index contributed by atoms with van der Waals surface area (Å²) in [5.74, 6) is 0. The molecule has 0 atom stereocenters. The topological polar surface area (TPSA) is 6.48 Å². The summed E-state index contributed by atoms with van der Waals surface area (Å²) in [6.07, 6.45) is 0. The maximum Gasteiger partial charge on any atom is 0.0737 e. The van der Waals surface area contributed by atoms with Crippen LogP contribution in [0.2, 0.25) is 0 Å². The van der Waals surface area contributed by atoms with Crippen molar-refractivity contribution >= 4 is 66.4 Å². The Morgan fingerprint density at radius 3 is 1.40 bits per heavy atom. The van der Waals surface area contributed by atoms with E-state index in [1.807, 2.05) is 0 Å². The third-order valence-corrected chi connectivity index (χ3v) is 14.2. The van der Waals surface area contributed by atoms with Crippen LogP contribution in [0.1, 0.15) is 33.4 Å². The van der Waals surface area contributed by atoms with Crippen LogP contribution in [0.25, 0.3) is 54.6 Å². The highest BCUT2D eigenvalue weighted by Crippen LogP contribution is 2.67. The van der Waals surface area contributed by atoms with Gasteiger partial charge in [-0.25, -0.2) is 0 Å². The zero-order valence-electron chi connectivity index (χ0n) is 36.3. The van der Waals surface area contributed by atoms with Gasteiger partial charge in [0, 0.05) is 33.8 Å². The summed E-state index contributed by atoms with van der Waals surface area (Å²) in [7, 11) is 0. The number of nitrogens with zero attached hydrogens (tertiary/aromatic N) is 2. The number of aryl methyl sites for hydroxylation is 2. The quantitative estimate of drug-likeness (QED) is 0.154. The summed E-state index contributed by atoms with van der Waals surface area (Å²) < 4.78 is 0. The average Bonchev–Trinajstić information content (AvgIpc) is 3.84. The van der Waals surface area contributed by atoms with Crippen LogP contribution in [-0.2, 0) is 5.41 Å². The Kier molecular flexibility index (Phi) is 8.29. The highest BCUT2D eigenvalue weighted by molar-refractivity contribution is 6.23.